The minimum absolute atomic E-state index is 0.0160. The number of esters is 1. The molecule has 0 saturated carbocycles. The van der Waals surface area contributed by atoms with E-state index >= 15 is 0 Å². The van der Waals surface area contributed by atoms with Crippen LogP contribution in [-0.4, -0.2) is 57.9 Å². The maximum Gasteiger partial charge on any atom is 0.308 e. The van der Waals surface area contributed by atoms with Crippen LogP contribution in [0.4, 0.5) is 5.69 Å². The number of H-pyrrole nitrogens is 1. The van der Waals surface area contributed by atoms with E-state index in [0.717, 1.165) is 60.4 Å². The number of carbonyl (C=O) groups excluding carboxylic acids is 2. The molecule has 1 aliphatic rings. The molecule has 15 heteroatoms. The maximum atomic E-state index is 13.3. The van der Waals surface area contributed by atoms with E-state index in [1.54, 1.807) is 60.0 Å². The van der Waals surface area contributed by atoms with Crippen LogP contribution in [0, 0.1) is 32.1 Å². The molecule has 64 heavy (non-hydrogen) atoms. The molecule has 0 aliphatic carbocycles. The van der Waals surface area contributed by atoms with Crippen LogP contribution in [0.25, 0.3) is 27.0 Å². The van der Waals surface area contributed by atoms with E-state index in [-0.39, 0.29) is 23.2 Å². The SMILES string of the molecule is CCc1ccc(NS(=O)(=O)c2ccc(CCNC(=O)c3ccc(-c4ccc(C5=N[C@@H](CC(=O)OC(C)(C)C)c6nnc(C)n6-c6sc(C)c(C)c65)cc4)cc3)cc2)c2[nH]cc(C#N)c12. The molecule has 4 aromatic carbocycles. The number of anilines is 1. The van der Waals surface area contributed by atoms with E-state index in [1.807, 2.05) is 81.7 Å². The summed E-state index contributed by atoms with van der Waals surface area (Å²) in [6.45, 7) is 14.0. The van der Waals surface area contributed by atoms with Gasteiger partial charge in [0.05, 0.1) is 33.8 Å². The highest BCUT2D eigenvalue weighted by Crippen LogP contribution is 2.40. The van der Waals surface area contributed by atoms with Gasteiger partial charge in [0.15, 0.2) is 5.82 Å². The van der Waals surface area contributed by atoms with Crippen LogP contribution in [0.3, 0.4) is 0 Å². The average Bonchev–Trinajstić information content (AvgIpc) is 3.94. The molecule has 1 aliphatic heterocycles. The van der Waals surface area contributed by atoms with Crippen LogP contribution in [-0.2, 0) is 32.4 Å². The number of nitriles is 1. The van der Waals surface area contributed by atoms with Crippen molar-refractivity contribution in [3.8, 4) is 22.2 Å². The Hall–Kier alpha value is -6.89. The standard InChI is InChI=1S/C49H48N8O5S2/c1-8-32-19-22-39(45-43(32)37(26-50)27-52-45)56-64(60,61)38-20-9-31(10-21-38)23-24-51-47(59)36-17-13-34(14-18-36)33-11-15-35(16-12-33)44-42-28(2)29(3)63-48(42)57-30(4)54-55-46(57)40(53-44)25-41(58)62-49(5,6)7/h9-22,27,40,52,56H,8,23-25H2,1-7H3,(H,51,59)/t40-/m0/s1. The van der Waals surface area contributed by atoms with Gasteiger partial charge < -0.3 is 15.0 Å². The summed E-state index contributed by atoms with van der Waals surface area (Å²) in [5, 5.41) is 23.1. The van der Waals surface area contributed by atoms with Gasteiger partial charge in [-0.25, -0.2) is 8.42 Å². The Morgan fingerprint density at radius 3 is 2.25 bits per heavy atom. The summed E-state index contributed by atoms with van der Waals surface area (Å²) in [4.78, 5) is 35.8. The Labute approximate surface area is 376 Å². The fourth-order valence-electron chi connectivity index (χ4n) is 7.95. The van der Waals surface area contributed by atoms with Crippen LogP contribution in [0.5, 0.6) is 0 Å². The number of nitrogens with one attached hydrogen (secondary N) is 3. The summed E-state index contributed by atoms with van der Waals surface area (Å²) in [5.41, 5.74) is 8.75. The fraction of sp³-hybridized carbons (Fsp3) is 0.265. The Morgan fingerprint density at radius 2 is 1.59 bits per heavy atom. The molecule has 0 fully saturated rings. The van der Waals surface area contributed by atoms with E-state index in [2.05, 4.69) is 45.1 Å². The Balaban J connectivity index is 0.920. The molecule has 0 bridgehead atoms. The number of sulfonamides is 1. The van der Waals surface area contributed by atoms with Crippen molar-refractivity contribution in [2.75, 3.05) is 11.3 Å². The number of ether oxygens (including phenoxy) is 1. The van der Waals surface area contributed by atoms with E-state index in [0.29, 0.717) is 52.9 Å². The van der Waals surface area contributed by atoms with Gasteiger partial charge >= 0.3 is 5.97 Å². The topological polar surface area (TPSA) is 184 Å². The number of aromatic nitrogens is 4. The second-order valence-corrected chi connectivity index (χ2v) is 19.7. The van der Waals surface area contributed by atoms with Crippen molar-refractivity contribution in [3.63, 3.8) is 0 Å². The zero-order valence-corrected chi connectivity index (χ0v) is 38.3. The van der Waals surface area contributed by atoms with E-state index in [4.69, 9.17) is 9.73 Å². The number of carbonyl (C=O) groups is 2. The number of nitrogens with zero attached hydrogens (tertiary/aromatic N) is 5. The molecular formula is C49H48N8O5S2. The lowest BCUT2D eigenvalue weighted by Crippen LogP contribution is -2.25. The largest absolute Gasteiger partial charge is 0.460 e. The zero-order valence-electron chi connectivity index (χ0n) is 36.7. The van der Waals surface area contributed by atoms with Gasteiger partial charge in [-0.3, -0.25) is 23.9 Å². The monoisotopic (exact) mass is 892 g/mol. The quantitative estimate of drug-likeness (QED) is 0.101. The third-order valence-corrected chi connectivity index (χ3v) is 13.8. The fourth-order valence-corrected chi connectivity index (χ4v) is 10.2. The molecule has 326 valence electrons. The molecule has 0 radical (unpaired) electrons. The predicted octanol–water partition coefficient (Wildman–Crippen LogP) is 9.23. The molecule has 0 unspecified atom stereocenters. The number of fused-ring (bicyclic) bond motifs is 4. The van der Waals surface area contributed by atoms with E-state index in [9.17, 15) is 23.3 Å². The first-order chi connectivity index (χ1) is 30.5. The molecular weight excluding hydrogens is 845 g/mol. The number of amides is 1. The van der Waals surface area contributed by atoms with Gasteiger partial charge in [-0.2, -0.15) is 5.26 Å². The number of hydrogen-bond donors (Lipinski definition) is 3. The summed E-state index contributed by atoms with van der Waals surface area (Å²) in [5.74, 6) is 0.738. The van der Waals surface area contributed by atoms with Crippen LogP contribution in [0.15, 0.2) is 101 Å². The first kappa shape index (κ1) is 43.7. The van der Waals surface area contributed by atoms with Crippen LogP contribution >= 0.6 is 11.3 Å². The number of aliphatic imine (C=N–C) groups is 1. The second-order valence-electron chi connectivity index (χ2n) is 16.8. The van der Waals surface area contributed by atoms with Gasteiger partial charge in [-0.15, -0.1) is 21.5 Å². The minimum Gasteiger partial charge on any atom is -0.460 e. The Kier molecular flexibility index (Phi) is 11.9. The third kappa shape index (κ3) is 8.71. The molecule has 1 atom stereocenters. The summed E-state index contributed by atoms with van der Waals surface area (Å²) < 4.78 is 37.1. The lowest BCUT2D eigenvalue weighted by atomic mass is 9.96. The molecule has 1 amide bonds. The number of hydrogen-bond acceptors (Lipinski definition) is 10. The van der Waals surface area contributed by atoms with Gasteiger partial charge in [0.25, 0.3) is 15.9 Å². The first-order valence-electron chi connectivity index (χ1n) is 21.0. The highest BCUT2D eigenvalue weighted by Gasteiger charge is 2.33. The number of benzene rings is 4. The molecule has 7 aromatic rings. The van der Waals surface area contributed by atoms with Crippen LogP contribution in [0.2, 0.25) is 0 Å². The Morgan fingerprint density at radius 1 is 0.922 bits per heavy atom. The zero-order chi connectivity index (χ0) is 45.5. The maximum absolute atomic E-state index is 13.3. The second kappa shape index (κ2) is 17.3. The number of aromatic amines is 1. The molecule has 0 saturated heterocycles. The lowest BCUT2D eigenvalue weighted by molar-refractivity contribution is -0.155. The minimum atomic E-state index is -3.92. The van der Waals surface area contributed by atoms with Crippen molar-refractivity contribution in [2.45, 2.75) is 84.3 Å². The van der Waals surface area contributed by atoms with E-state index in [1.165, 1.54) is 0 Å². The number of rotatable bonds is 12. The summed E-state index contributed by atoms with van der Waals surface area (Å²) in [7, 11) is -3.92. The third-order valence-electron chi connectivity index (χ3n) is 11.3. The van der Waals surface area contributed by atoms with Crippen molar-refractivity contribution in [3.05, 3.63) is 147 Å². The van der Waals surface area contributed by atoms with Gasteiger partial charge in [0.1, 0.15) is 28.5 Å². The first-order valence-corrected chi connectivity index (χ1v) is 23.3. The van der Waals surface area contributed by atoms with E-state index < -0.39 is 21.7 Å². The molecule has 3 aromatic heterocycles. The molecule has 13 nitrogen and oxygen atoms in total. The lowest BCUT2D eigenvalue weighted by Gasteiger charge is -2.21. The molecule has 4 heterocycles. The van der Waals surface area contributed by atoms with Crippen molar-refractivity contribution >= 4 is 55.5 Å². The van der Waals surface area contributed by atoms with Gasteiger partial charge in [-0.1, -0.05) is 61.5 Å². The van der Waals surface area contributed by atoms with Crippen molar-refractivity contribution in [2.24, 2.45) is 4.99 Å². The molecule has 8 rings (SSSR count). The number of thiophene rings is 1. The van der Waals surface area contributed by atoms with Crippen LogP contribution in [0.1, 0.15) is 100 Å². The summed E-state index contributed by atoms with van der Waals surface area (Å²) in [6.07, 6.45) is 2.80. The van der Waals surface area contributed by atoms with Crippen molar-refractivity contribution in [1.82, 2.24) is 25.1 Å². The summed E-state index contributed by atoms with van der Waals surface area (Å²) in [6, 6.07) is 27.2. The molecule has 3 N–H and O–H groups in total. The van der Waals surface area contributed by atoms with Crippen LogP contribution < -0.4 is 10.0 Å². The van der Waals surface area contributed by atoms with Gasteiger partial charge in [-0.05, 0) is 113 Å². The van der Waals surface area contributed by atoms with Gasteiger partial charge in [0.2, 0.25) is 0 Å². The predicted molar refractivity (Wildman–Crippen MR) is 250 cm³/mol. The Bertz CT molecular complexity index is 3110. The summed E-state index contributed by atoms with van der Waals surface area (Å²) >= 11 is 1.66. The van der Waals surface area contributed by atoms with Crippen molar-refractivity contribution < 1.29 is 22.7 Å². The highest BCUT2D eigenvalue weighted by atomic mass is 32.2. The highest BCUT2D eigenvalue weighted by molar-refractivity contribution is 7.92. The average molecular weight is 893 g/mol. The normalized spacial score (nSPS) is 13.7. The van der Waals surface area contributed by atoms with Crippen molar-refractivity contribution in [1.29, 1.82) is 5.26 Å². The smallest absolute Gasteiger partial charge is 0.308 e. The number of aryl methyl sites for hydroxylation is 3. The molecule has 0 spiro atoms. The van der Waals surface area contributed by atoms with Gasteiger partial charge in [0, 0.05) is 39.7 Å².